The molecule has 72 heavy (non-hydrogen) atoms. The van der Waals surface area contributed by atoms with E-state index in [0.717, 1.165) is 41.1 Å². The van der Waals surface area contributed by atoms with Gasteiger partial charge in [-0.2, -0.15) is 0 Å². The van der Waals surface area contributed by atoms with Crippen molar-refractivity contribution in [3.63, 3.8) is 0 Å². The van der Waals surface area contributed by atoms with E-state index in [1.165, 1.54) is 109 Å². The maximum atomic E-state index is 7.78. The number of benzene rings is 9. The molecule has 0 spiro atoms. The van der Waals surface area contributed by atoms with Crippen molar-refractivity contribution in [1.82, 2.24) is 0 Å². The molecule has 0 radical (unpaired) electrons. The second kappa shape index (κ2) is 15.3. The maximum absolute atomic E-state index is 7.78. The first-order chi connectivity index (χ1) is 34.7. The molecule has 0 bridgehead atoms. The van der Waals surface area contributed by atoms with E-state index in [0.29, 0.717) is 0 Å². The molecule has 0 atom stereocenters. The number of nitrogens with zero attached hydrogens (tertiary/aromatic N) is 2. The summed E-state index contributed by atoms with van der Waals surface area (Å²) in [5, 5.41) is 6.28. The van der Waals surface area contributed by atoms with Crippen LogP contribution in [0.25, 0.3) is 75.3 Å². The quantitative estimate of drug-likeness (QED) is 0.164. The van der Waals surface area contributed by atoms with Crippen LogP contribution in [0.15, 0.2) is 180 Å². The summed E-state index contributed by atoms with van der Waals surface area (Å²) < 4.78 is 10.4. The number of fused-ring (bicyclic) bond motifs is 12. The summed E-state index contributed by atoms with van der Waals surface area (Å²) in [5.41, 5.74) is 21.7. The lowest BCUT2D eigenvalue weighted by Crippen LogP contribution is -2.61. The Morgan fingerprint density at radius 3 is 1.90 bits per heavy atom. The summed E-state index contributed by atoms with van der Waals surface area (Å²) in [5.74, 6) is 0. The predicted octanol–water partition coefficient (Wildman–Crippen LogP) is 18.0. The van der Waals surface area contributed by atoms with E-state index in [9.17, 15) is 0 Å². The number of anilines is 5. The zero-order chi connectivity index (χ0) is 49.0. The molecule has 0 N–H and O–H groups in total. The van der Waals surface area contributed by atoms with Crippen LogP contribution in [0.4, 0.5) is 28.4 Å². The number of hydrogen-bond acceptors (Lipinski definition) is 4. The monoisotopic (exact) mass is 948 g/mol. The van der Waals surface area contributed by atoms with Crippen LogP contribution in [0.3, 0.4) is 0 Å². The van der Waals surface area contributed by atoms with Crippen molar-refractivity contribution >= 4 is 99.7 Å². The lowest BCUT2D eigenvalue weighted by atomic mass is 9.45. The third-order valence-electron chi connectivity index (χ3n) is 16.7. The van der Waals surface area contributed by atoms with Crippen molar-refractivity contribution in [3.05, 3.63) is 198 Å². The number of rotatable bonds is 4. The molecule has 14 rings (SSSR count). The van der Waals surface area contributed by atoms with E-state index in [2.05, 4.69) is 241 Å². The van der Waals surface area contributed by atoms with Crippen LogP contribution in [0.2, 0.25) is 0 Å². The van der Waals surface area contributed by atoms with Crippen molar-refractivity contribution in [2.24, 2.45) is 0 Å². The van der Waals surface area contributed by atoms with Crippen LogP contribution in [0, 0.1) is 6.92 Å². The highest BCUT2D eigenvalue weighted by Gasteiger charge is 2.50. The predicted molar refractivity (Wildman–Crippen MR) is 310 cm³/mol. The largest absolute Gasteiger partial charge is 0.466 e. The summed E-state index contributed by atoms with van der Waals surface area (Å²) >= 11 is 1.92. The molecule has 0 fully saturated rings. The van der Waals surface area contributed by atoms with Crippen molar-refractivity contribution < 1.29 is 4.42 Å². The van der Waals surface area contributed by atoms with Crippen molar-refractivity contribution in [3.8, 4) is 33.4 Å². The lowest BCUT2D eigenvalue weighted by Gasteiger charge is -2.44. The molecule has 350 valence electrons. The van der Waals surface area contributed by atoms with Gasteiger partial charge in [-0.3, -0.25) is 0 Å². The highest BCUT2D eigenvalue weighted by atomic mass is 32.1. The molecular weight excluding hydrogens is 892 g/mol. The molecule has 2 aromatic heterocycles. The molecule has 3 aliphatic rings. The normalized spacial score (nSPS) is 15.5. The Balaban J connectivity index is 1.13. The van der Waals surface area contributed by atoms with Gasteiger partial charge < -0.3 is 14.1 Å². The second-order valence-corrected chi connectivity index (χ2v) is 24.3. The summed E-state index contributed by atoms with van der Waals surface area (Å²) in [6, 6.07) is 66.6. The SMILES string of the molecule is Cc1cc2c3c(c1)N(c1ccc(C(C)(C)C)cc1-c1ccccc1)c1c(oc4cc5c(cc14)C(C)(C)CCC5(C)C)B3N(c1ccc(-c3ccccc3)cc1)c1c-2ccc2c1sc1cc3ccccc3cc12. The Bertz CT molecular complexity index is 4040. The molecular formula is C67H57BN2OS. The minimum Gasteiger partial charge on any atom is -0.466 e. The Labute approximate surface area is 427 Å². The van der Waals surface area contributed by atoms with Crippen LogP contribution in [0.1, 0.15) is 83.6 Å². The second-order valence-electron chi connectivity index (χ2n) is 23.2. The fourth-order valence-electron chi connectivity index (χ4n) is 12.7. The first-order valence-corrected chi connectivity index (χ1v) is 26.6. The van der Waals surface area contributed by atoms with Crippen LogP contribution in [-0.2, 0) is 16.2 Å². The lowest BCUT2D eigenvalue weighted by molar-refractivity contribution is 0.332. The summed E-state index contributed by atoms with van der Waals surface area (Å²) in [6.07, 6.45) is 2.26. The van der Waals surface area contributed by atoms with Gasteiger partial charge in [0.2, 0.25) is 0 Å². The minimum absolute atomic E-state index is 0.00180. The van der Waals surface area contributed by atoms with E-state index >= 15 is 0 Å². The number of hydrogen-bond donors (Lipinski definition) is 0. The third kappa shape index (κ3) is 6.42. The molecule has 0 amide bonds. The van der Waals surface area contributed by atoms with E-state index in [1.54, 1.807) is 0 Å². The van der Waals surface area contributed by atoms with E-state index in [-0.39, 0.29) is 23.1 Å². The van der Waals surface area contributed by atoms with Gasteiger partial charge in [0.25, 0.3) is 0 Å². The van der Waals surface area contributed by atoms with Crippen molar-refractivity contribution in [1.29, 1.82) is 0 Å². The van der Waals surface area contributed by atoms with Gasteiger partial charge in [0.1, 0.15) is 11.2 Å². The fourth-order valence-corrected chi connectivity index (χ4v) is 13.9. The number of aryl methyl sites for hydroxylation is 1. The molecule has 0 saturated heterocycles. The first-order valence-electron chi connectivity index (χ1n) is 25.8. The fraction of sp³-hybridized carbons (Fsp3) is 0.194. The van der Waals surface area contributed by atoms with Gasteiger partial charge in [-0.05, 0) is 151 Å². The molecule has 1 aliphatic carbocycles. The highest BCUT2D eigenvalue weighted by Crippen LogP contribution is 2.56. The average Bonchev–Trinajstić information content (AvgIpc) is 3.95. The van der Waals surface area contributed by atoms with Crippen LogP contribution < -0.4 is 20.8 Å². The molecule has 11 aromatic rings. The zero-order valence-electron chi connectivity index (χ0n) is 42.4. The molecule has 5 heteroatoms. The summed E-state index contributed by atoms with van der Waals surface area (Å²) in [7, 11) is 0. The smallest absolute Gasteiger partial charge is 0.375 e. The Morgan fingerprint density at radius 1 is 0.542 bits per heavy atom. The van der Waals surface area contributed by atoms with Gasteiger partial charge in [-0.15, -0.1) is 11.3 Å². The average molecular weight is 949 g/mol. The minimum atomic E-state index is -0.286. The summed E-state index contributed by atoms with van der Waals surface area (Å²) in [6.45, 7) is 18.7. The highest BCUT2D eigenvalue weighted by molar-refractivity contribution is 7.26. The molecule has 0 saturated carbocycles. The van der Waals surface area contributed by atoms with Gasteiger partial charge in [0.05, 0.1) is 21.8 Å². The van der Waals surface area contributed by atoms with Crippen molar-refractivity contribution in [2.75, 3.05) is 9.71 Å². The summed E-state index contributed by atoms with van der Waals surface area (Å²) in [4.78, 5) is 5.27. The molecule has 4 heterocycles. The molecule has 2 aliphatic heterocycles. The van der Waals surface area contributed by atoms with Gasteiger partial charge in [0, 0.05) is 43.4 Å². The maximum Gasteiger partial charge on any atom is 0.375 e. The van der Waals surface area contributed by atoms with Gasteiger partial charge in [-0.25, -0.2) is 0 Å². The Hall–Kier alpha value is -7.34. The standard InChI is InChI=1S/C67H57BN2OS/c1-40-33-52-48-28-29-49-51-35-44-21-15-16-22-45(44)36-59(51)72-63(49)61(48)70(47-26-23-42(24-27-47)41-17-11-9-12-18-41)68-60(52)57(34-40)69(56-30-25-46(65(2,3)4)37-50(56)43-19-13-10-14-20-43)62-53-38-54-55(39-58(53)71-64(62)68)67(7,8)32-31-66(54,5)6/h9-30,33-39H,31-32H2,1-8H3. The van der Waals surface area contributed by atoms with E-state index in [1.807, 2.05) is 11.3 Å². The van der Waals surface area contributed by atoms with Gasteiger partial charge in [0.15, 0.2) is 0 Å². The topological polar surface area (TPSA) is 19.6 Å². The van der Waals surface area contributed by atoms with Gasteiger partial charge in [-0.1, -0.05) is 170 Å². The number of thiophene rings is 1. The zero-order valence-corrected chi connectivity index (χ0v) is 43.3. The third-order valence-corrected chi connectivity index (χ3v) is 17.8. The first kappa shape index (κ1) is 43.5. The van der Waals surface area contributed by atoms with E-state index < -0.39 is 0 Å². The van der Waals surface area contributed by atoms with E-state index in [4.69, 9.17) is 4.42 Å². The van der Waals surface area contributed by atoms with Crippen LogP contribution in [-0.4, -0.2) is 6.85 Å². The molecule has 0 unspecified atom stereocenters. The Morgan fingerprint density at radius 2 is 1.19 bits per heavy atom. The molecule has 3 nitrogen and oxygen atoms in total. The van der Waals surface area contributed by atoms with Crippen LogP contribution >= 0.6 is 11.3 Å². The van der Waals surface area contributed by atoms with Gasteiger partial charge >= 0.3 is 6.85 Å². The number of furan rings is 1. The Kier molecular flexibility index (Phi) is 9.26. The van der Waals surface area contributed by atoms with Crippen molar-refractivity contribution in [2.45, 2.75) is 84.5 Å². The van der Waals surface area contributed by atoms with Crippen LogP contribution in [0.5, 0.6) is 0 Å². The molecule has 9 aromatic carbocycles.